The topological polar surface area (TPSA) is 71.5 Å². The van der Waals surface area contributed by atoms with Crippen molar-refractivity contribution in [2.45, 2.75) is 98.8 Å². The minimum absolute atomic E-state index is 0.214. The van der Waals surface area contributed by atoms with Crippen LogP contribution in [0.3, 0.4) is 0 Å². The van der Waals surface area contributed by atoms with Gasteiger partial charge in [-0.3, -0.25) is 4.79 Å². The van der Waals surface area contributed by atoms with Gasteiger partial charge in [-0.1, -0.05) is 72.3 Å². The molecule has 1 aliphatic heterocycles. The summed E-state index contributed by atoms with van der Waals surface area (Å²) in [7, 11) is 0. The molecular formula is C25H44N2O3. The lowest BCUT2D eigenvalue weighted by Crippen LogP contribution is -2.28. The number of hydrogen-bond acceptors (Lipinski definition) is 4. The first-order valence-electron chi connectivity index (χ1n) is 11.7. The molecule has 1 aromatic heterocycles. The van der Waals surface area contributed by atoms with Gasteiger partial charge in [0.1, 0.15) is 12.0 Å². The summed E-state index contributed by atoms with van der Waals surface area (Å²) in [5.74, 6) is 2.10. The molecule has 0 radical (unpaired) electrons. The number of nitrogens with zero attached hydrogens (tertiary/aromatic N) is 1. The van der Waals surface area contributed by atoms with Crippen molar-refractivity contribution in [2.24, 2.45) is 5.92 Å². The second-order valence-electron chi connectivity index (χ2n) is 7.87. The molecule has 1 fully saturated rings. The molecule has 2 N–H and O–H groups in total. The first-order chi connectivity index (χ1) is 14.5. The molecule has 0 aliphatic carbocycles. The average molecular weight is 421 g/mol. The van der Waals surface area contributed by atoms with E-state index in [4.69, 9.17) is 9.84 Å². The third-order valence-electron chi connectivity index (χ3n) is 5.05. The number of nitrogens with one attached hydrogen (secondary N) is 1. The number of carbonyl (C=O) groups is 1. The molecule has 5 nitrogen and oxygen atoms in total. The standard InChI is InChI=1S/C10H13NO2.C10H22.C5H9NO/c1-3-9-4-5-10(11-6-9)13-8(2)7-12;1-4-6-7-8-9-10(3)5-2;7-5-3-1-2-4-6-5/h4-7,12H,3H2,1-2H3;10H,4-9H2,1-3H3;1-4H2,(H,6,7)/b8-7-;;. The summed E-state index contributed by atoms with van der Waals surface area (Å²) in [6, 6.07) is 3.73. The van der Waals surface area contributed by atoms with Gasteiger partial charge in [0.2, 0.25) is 11.8 Å². The zero-order chi connectivity index (χ0) is 22.6. The summed E-state index contributed by atoms with van der Waals surface area (Å²) in [6.07, 6.45) is 15.1. The number of pyridine rings is 1. The van der Waals surface area contributed by atoms with Gasteiger partial charge in [-0.05, 0) is 37.7 Å². The maximum Gasteiger partial charge on any atom is 0.219 e. The number of aryl methyl sites for hydroxylation is 1. The van der Waals surface area contributed by atoms with E-state index in [9.17, 15) is 4.79 Å². The second-order valence-corrected chi connectivity index (χ2v) is 7.87. The fourth-order valence-electron chi connectivity index (χ4n) is 2.72. The number of aliphatic hydroxyl groups excluding tert-OH is 1. The number of unbranched alkanes of at least 4 members (excludes halogenated alkanes) is 3. The molecule has 1 amide bonds. The Labute approximate surface area is 184 Å². The van der Waals surface area contributed by atoms with Gasteiger partial charge >= 0.3 is 0 Å². The molecule has 1 saturated heterocycles. The Morgan fingerprint density at radius 1 is 1.23 bits per heavy atom. The third-order valence-corrected chi connectivity index (χ3v) is 5.05. The Balaban J connectivity index is 0.000000441. The van der Waals surface area contributed by atoms with E-state index in [2.05, 4.69) is 38.0 Å². The minimum Gasteiger partial charge on any atom is -0.512 e. The van der Waals surface area contributed by atoms with Crippen LogP contribution in [-0.4, -0.2) is 22.5 Å². The maximum absolute atomic E-state index is 10.4. The average Bonchev–Trinajstić information content (AvgIpc) is 2.78. The molecule has 0 spiro atoms. The Morgan fingerprint density at radius 2 is 2.00 bits per heavy atom. The Kier molecular flexibility index (Phi) is 17.7. The molecule has 0 saturated carbocycles. The van der Waals surface area contributed by atoms with E-state index in [0.717, 1.165) is 50.0 Å². The van der Waals surface area contributed by atoms with Crippen LogP contribution in [0.2, 0.25) is 0 Å². The number of carbonyl (C=O) groups excluding carboxylic acids is 1. The van der Waals surface area contributed by atoms with E-state index >= 15 is 0 Å². The van der Waals surface area contributed by atoms with Crippen molar-refractivity contribution in [3.63, 3.8) is 0 Å². The molecule has 1 unspecified atom stereocenters. The highest BCUT2D eigenvalue weighted by molar-refractivity contribution is 5.76. The van der Waals surface area contributed by atoms with Crippen molar-refractivity contribution >= 4 is 5.91 Å². The number of piperidine rings is 1. The number of allylic oxidation sites excluding steroid dienone is 1. The summed E-state index contributed by atoms with van der Waals surface area (Å²) < 4.78 is 5.16. The Bertz CT molecular complexity index is 562. The SMILES string of the molecule is CCCCCCC(C)CC.CCc1ccc(O/C(C)=C\O)nc1.O=C1CCCCN1. The molecule has 2 rings (SSSR count). The fourth-order valence-corrected chi connectivity index (χ4v) is 2.72. The zero-order valence-electron chi connectivity index (χ0n) is 19.9. The van der Waals surface area contributed by atoms with Gasteiger partial charge in [0.15, 0.2) is 0 Å². The van der Waals surface area contributed by atoms with Crippen molar-refractivity contribution in [1.82, 2.24) is 10.3 Å². The molecule has 172 valence electrons. The van der Waals surface area contributed by atoms with Gasteiger partial charge in [0.05, 0.1) is 0 Å². The quantitative estimate of drug-likeness (QED) is 0.343. The van der Waals surface area contributed by atoms with Crippen LogP contribution in [0, 0.1) is 5.92 Å². The molecule has 1 aromatic rings. The van der Waals surface area contributed by atoms with Gasteiger partial charge in [0.25, 0.3) is 0 Å². The molecule has 0 bridgehead atoms. The number of amides is 1. The summed E-state index contributed by atoms with van der Waals surface area (Å²) in [5, 5.41) is 11.3. The highest BCUT2D eigenvalue weighted by Gasteiger charge is 2.04. The van der Waals surface area contributed by atoms with Crippen molar-refractivity contribution in [3.05, 3.63) is 35.9 Å². The number of hydrogen-bond donors (Lipinski definition) is 2. The van der Waals surface area contributed by atoms with Crippen LogP contribution in [0.25, 0.3) is 0 Å². The highest BCUT2D eigenvalue weighted by atomic mass is 16.5. The molecule has 0 aromatic carbocycles. The summed E-state index contributed by atoms with van der Waals surface area (Å²) in [6.45, 7) is 11.5. The van der Waals surface area contributed by atoms with Crippen LogP contribution in [0.1, 0.15) is 98.0 Å². The van der Waals surface area contributed by atoms with Crippen LogP contribution in [0.4, 0.5) is 0 Å². The van der Waals surface area contributed by atoms with Gasteiger partial charge in [-0.15, -0.1) is 0 Å². The lowest BCUT2D eigenvalue weighted by atomic mass is 10.0. The van der Waals surface area contributed by atoms with E-state index in [1.54, 1.807) is 19.2 Å². The number of rotatable bonds is 9. The molecule has 5 heteroatoms. The van der Waals surface area contributed by atoms with Crippen LogP contribution < -0.4 is 10.1 Å². The summed E-state index contributed by atoms with van der Waals surface area (Å²) in [5.41, 5.74) is 1.16. The van der Waals surface area contributed by atoms with Crippen LogP contribution in [0.15, 0.2) is 30.4 Å². The van der Waals surface area contributed by atoms with Crippen LogP contribution >= 0.6 is 0 Å². The lowest BCUT2D eigenvalue weighted by Gasteiger charge is -2.08. The second kappa shape index (κ2) is 19.0. The van der Waals surface area contributed by atoms with E-state index in [-0.39, 0.29) is 5.91 Å². The summed E-state index contributed by atoms with van der Waals surface area (Å²) in [4.78, 5) is 14.4. The van der Waals surface area contributed by atoms with Crippen molar-refractivity contribution < 1.29 is 14.6 Å². The lowest BCUT2D eigenvalue weighted by molar-refractivity contribution is -0.122. The molecular weight excluding hydrogens is 376 g/mol. The largest absolute Gasteiger partial charge is 0.512 e. The number of aromatic nitrogens is 1. The van der Waals surface area contributed by atoms with E-state index in [0.29, 0.717) is 11.6 Å². The molecule has 2 heterocycles. The number of ether oxygens (including phenoxy) is 1. The minimum atomic E-state index is 0.214. The third kappa shape index (κ3) is 15.8. The van der Waals surface area contributed by atoms with Crippen molar-refractivity contribution in [2.75, 3.05) is 6.54 Å². The summed E-state index contributed by atoms with van der Waals surface area (Å²) >= 11 is 0. The van der Waals surface area contributed by atoms with E-state index < -0.39 is 0 Å². The van der Waals surface area contributed by atoms with Crippen molar-refractivity contribution in [1.29, 1.82) is 0 Å². The fraction of sp³-hybridized carbons (Fsp3) is 0.680. The highest BCUT2D eigenvalue weighted by Crippen LogP contribution is 2.12. The van der Waals surface area contributed by atoms with E-state index in [1.165, 1.54) is 38.5 Å². The van der Waals surface area contributed by atoms with Gasteiger partial charge in [-0.25, -0.2) is 4.98 Å². The van der Waals surface area contributed by atoms with Gasteiger partial charge < -0.3 is 15.2 Å². The predicted molar refractivity (Wildman–Crippen MR) is 126 cm³/mol. The zero-order valence-corrected chi connectivity index (χ0v) is 19.9. The smallest absolute Gasteiger partial charge is 0.219 e. The Hall–Kier alpha value is -2.04. The molecule has 1 atom stereocenters. The van der Waals surface area contributed by atoms with Crippen LogP contribution in [-0.2, 0) is 11.2 Å². The normalized spacial score (nSPS) is 14.4. The van der Waals surface area contributed by atoms with Gasteiger partial charge in [0, 0.05) is 25.2 Å². The predicted octanol–water partition coefficient (Wildman–Crippen LogP) is 6.73. The molecule has 1 aliphatic rings. The molecule has 30 heavy (non-hydrogen) atoms. The first-order valence-corrected chi connectivity index (χ1v) is 11.7. The van der Waals surface area contributed by atoms with Crippen molar-refractivity contribution in [3.8, 4) is 5.88 Å². The first kappa shape index (κ1) is 28.0. The van der Waals surface area contributed by atoms with Crippen LogP contribution in [0.5, 0.6) is 5.88 Å². The van der Waals surface area contributed by atoms with E-state index in [1.807, 2.05) is 6.07 Å². The van der Waals surface area contributed by atoms with Gasteiger partial charge in [-0.2, -0.15) is 0 Å². The Morgan fingerprint density at radius 3 is 2.43 bits per heavy atom. The number of aliphatic hydroxyl groups is 1. The maximum atomic E-state index is 10.4. The monoisotopic (exact) mass is 420 g/mol.